The van der Waals surface area contributed by atoms with Gasteiger partial charge >= 0.3 is 6.03 Å². The second-order valence-electron chi connectivity index (χ2n) is 5.61. The van der Waals surface area contributed by atoms with Gasteiger partial charge in [-0.25, -0.2) is 4.79 Å². The van der Waals surface area contributed by atoms with Crippen LogP contribution < -0.4 is 16.0 Å². The maximum atomic E-state index is 12.1. The molecule has 1 heterocycles. The molecule has 1 aromatic carbocycles. The fourth-order valence-corrected chi connectivity index (χ4v) is 3.00. The Bertz CT molecular complexity index is 514. The van der Waals surface area contributed by atoms with E-state index in [1.165, 1.54) is 0 Å². The van der Waals surface area contributed by atoms with E-state index in [1.807, 2.05) is 0 Å². The lowest BCUT2D eigenvalue weighted by Crippen LogP contribution is -2.48. The van der Waals surface area contributed by atoms with Gasteiger partial charge in [0.05, 0.1) is 17.3 Å². The quantitative estimate of drug-likeness (QED) is 0.768. The molecule has 1 aliphatic rings. The molecule has 3 N–H and O–H groups in total. The Morgan fingerprint density at radius 3 is 2.77 bits per heavy atom. The Kier molecular flexibility index (Phi) is 6.32. The zero-order chi connectivity index (χ0) is 16.0. The second kappa shape index (κ2) is 8.02. The number of nitrogens with one attached hydrogen (secondary N) is 3. The van der Waals surface area contributed by atoms with Crippen molar-refractivity contribution < 1.29 is 9.53 Å². The minimum atomic E-state index is -0.293. The molecule has 0 radical (unpaired) electrons. The van der Waals surface area contributed by atoms with Crippen molar-refractivity contribution in [2.75, 3.05) is 38.7 Å². The lowest BCUT2D eigenvalue weighted by atomic mass is 9.79. The van der Waals surface area contributed by atoms with Crippen LogP contribution in [-0.4, -0.2) is 39.4 Å². The van der Waals surface area contributed by atoms with Gasteiger partial charge in [-0.1, -0.05) is 23.2 Å². The van der Waals surface area contributed by atoms with Crippen LogP contribution in [0, 0.1) is 5.41 Å². The number of urea groups is 1. The number of methoxy groups -OCH3 is 1. The van der Waals surface area contributed by atoms with Gasteiger partial charge in [-0.15, -0.1) is 0 Å². The van der Waals surface area contributed by atoms with Crippen molar-refractivity contribution in [3.8, 4) is 0 Å². The maximum Gasteiger partial charge on any atom is 0.319 e. The Balaban J connectivity index is 1.92. The smallest absolute Gasteiger partial charge is 0.319 e. The number of carbonyl (C=O) groups is 1. The fourth-order valence-electron chi connectivity index (χ4n) is 2.66. The zero-order valence-corrected chi connectivity index (χ0v) is 14.1. The third-order valence-electron chi connectivity index (χ3n) is 3.92. The van der Waals surface area contributed by atoms with Crippen molar-refractivity contribution in [3.05, 3.63) is 28.2 Å². The van der Waals surface area contributed by atoms with Gasteiger partial charge in [-0.2, -0.15) is 0 Å². The molecule has 122 valence electrons. The van der Waals surface area contributed by atoms with E-state index in [0.29, 0.717) is 28.9 Å². The largest absolute Gasteiger partial charge is 0.384 e. The maximum absolute atomic E-state index is 12.1. The topological polar surface area (TPSA) is 62.4 Å². The number of ether oxygens (including phenoxy) is 1. The number of hydrogen-bond acceptors (Lipinski definition) is 3. The van der Waals surface area contributed by atoms with Gasteiger partial charge in [0.15, 0.2) is 0 Å². The molecule has 0 spiro atoms. The number of piperidine rings is 1. The van der Waals surface area contributed by atoms with Gasteiger partial charge in [0, 0.05) is 24.1 Å². The van der Waals surface area contributed by atoms with Crippen molar-refractivity contribution >= 4 is 34.9 Å². The lowest BCUT2D eigenvalue weighted by Gasteiger charge is -2.37. The summed E-state index contributed by atoms with van der Waals surface area (Å²) in [5, 5.41) is 9.94. The number of anilines is 1. The zero-order valence-electron chi connectivity index (χ0n) is 12.5. The van der Waals surface area contributed by atoms with E-state index in [4.69, 9.17) is 27.9 Å². The minimum absolute atomic E-state index is 0.0184. The molecule has 0 atom stereocenters. The summed E-state index contributed by atoms with van der Waals surface area (Å²) in [5.41, 5.74) is 0.480. The molecule has 0 aromatic heterocycles. The molecule has 7 heteroatoms. The summed E-state index contributed by atoms with van der Waals surface area (Å²) in [6.45, 7) is 3.07. The molecular formula is C15H21Cl2N3O2. The van der Waals surface area contributed by atoms with Gasteiger partial charge in [-0.3, -0.25) is 0 Å². The standard InChI is InChI=1S/C15H21Cl2N3O2/c1-22-10-15(4-6-18-7-5-15)9-19-14(21)20-13-8-11(16)2-3-12(13)17/h2-3,8,18H,4-7,9-10H2,1H3,(H2,19,20,21). The SMILES string of the molecule is COCC1(CNC(=O)Nc2cc(Cl)ccc2Cl)CCNCC1. The Labute approximate surface area is 140 Å². The Morgan fingerprint density at radius 1 is 1.36 bits per heavy atom. The van der Waals surface area contributed by atoms with Crippen molar-refractivity contribution in [3.63, 3.8) is 0 Å². The molecule has 2 rings (SSSR count). The summed E-state index contributed by atoms with van der Waals surface area (Å²) >= 11 is 11.9. The number of amides is 2. The number of benzene rings is 1. The average Bonchev–Trinajstić information content (AvgIpc) is 2.50. The molecule has 0 saturated carbocycles. The van der Waals surface area contributed by atoms with Crippen LogP contribution in [0.25, 0.3) is 0 Å². The highest BCUT2D eigenvalue weighted by atomic mass is 35.5. The average molecular weight is 346 g/mol. The molecule has 1 aromatic rings. The minimum Gasteiger partial charge on any atom is -0.384 e. The molecule has 5 nitrogen and oxygen atoms in total. The highest BCUT2D eigenvalue weighted by molar-refractivity contribution is 6.35. The highest BCUT2D eigenvalue weighted by Gasteiger charge is 2.32. The van der Waals surface area contributed by atoms with Crippen molar-refractivity contribution in [1.29, 1.82) is 0 Å². The molecule has 1 aliphatic heterocycles. The first-order chi connectivity index (χ1) is 10.5. The first kappa shape index (κ1) is 17.3. The number of hydrogen-bond donors (Lipinski definition) is 3. The summed E-state index contributed by atoms with van der Waals surface area (Å²) in [5.74, 6) is 0. The summed E-state index contributed by atoms with van der Waals surface area (Å²) in [7, 11) is 1.69. The summed E-state index contributed by atoms with van der Waals surface area (Å²) in [6.07, 6.45) is 1.94. The van der Waals surface area contributed by atoms with Crippen molar-refractivity contribution in [2.24, 2.45) is 5.41 Å². The monoisotopic (exact) mass is 345 g/mol. The highest BCUT2D eigenvalue weighted by Crippen LogP contribution is 2.28. The molecule has 0 unspecified atom stereocenters. The molecule has 2 amide bonds. The fraction of sp³-hybridized carbons (Fsp3) is 0.533. The van der Waals surface area contributed by atoms with E-state index in [9.17, 15) is 4.79 Å². The van der Waals surface area contributed by atoms with Crippen LogP contribution in [0.2, 0.25) is 10.0 Å². The van der Waals surface area contributed by atoms with Crippen LogP contribution in [0.3, 0.4) is 0 Å². The molecule has 0 aliphatic carbocycles. The molecule has 0 bridgehead atoms. The van der Waals surface area contributed by atoms with Crippen LogP contribution in [0.4, 0.5) is 10.5 Å². The number of carbonyl (C=O) groups excluding carboxylic acids is 1. The third kappa shape index (κ3) is 4.74. The summed E-state index contributed by atoms with van der Waals surface area (Å²) < 4.78 is 5.33. The van der Waals surface area contributed by atoms with Crippen LogP contribution in [0.5, 0.6) is 0 Å². The van der Waals surface area contributed by atoms with Crippen molar-refractivity contribution in [2.45, 2.75) is 12.8 Å². The third-order valence-corrected chi connectivity index (χ3v) is 4.48. The van der Waals surface area contributed by atoms with Crippen LogP contribution in [0.1, 0.15) is 12.8 Å². The number of rotatable bonds is 5. The number of halogens is 2. The molecule has 1 fully saturated rings. The second-order valence-corrected chi connectivity index (χ2v) is 6.46. The van der Waals surface area contributed by atoms with Gasteiger partial charge in [0.2, 0.25) is 0 Å². The van der Waals surface area contributed by atoms with Gasteiger partial charge in [0.25, 0.3) is 0 Å². The van der Waals surface area contributed by atoms with Crippen LogP contribution in [0.15, 0.2) is 18.2 Å². The summed E-state index contributed by atoms with van der Waals surface area (Å²) in [6, 6.07) is 4.66. The van der Waals surface area contributed by atoms with E-state index in [1.54, 1.807) is 25.3 Å². The van der Waals surface area contributed by atoms with E-state index in [-0.39, 0.29) is 11.4 Å². The predicted molar refractivity (Wildman–Crippen MR) is 89.9 cm³/mol. The van der Waals surface area contributed by atoms with Gasteiger partial charge in [0.1, 0.15) is 0 Å². The van der Waals surface area contributed by atoms with E-state index in [2.05, 4.69) is 16.0 Å². The van der Waals surface area contributed by atoms with E-state index in [0.717, 1.165) is 25.9 Å². The Hall–Kier alpha value is -1.01. The van der Waals surface area contributed by atoms with E-state index >= 15 is 0 Å². The Morgan fingerprint density at radius 2 is 2.09 bits per heavy atom. The van der Waals surface area contributed by atoms with E-state index < -0.39 is 0 Å². The van der Waals surface area contributed by atoms with Crippen LogP contribution in [-0.2, 0) is 4.74 Å². The van der Waals surface area contributed by atoms with Gasteiger partial charge in [-0.05, 0) is 44.1 Å². The van der Waals surface area contributed by atoms with Gasteiger partial charge < -0.3 is 20.7 Å². The normalized spacial score (nSPS) is 17.0. The first-order valence-corrected chi connectivity index (χ1v) is 8.00. The molecular weight excluding hydrogens is 325 g/mol. The first-order valence-electron chi connectivity index (χ1n) is 7.24. The molecule has 1 saturated heterocycles. The predicted octanol–water partition coefficient (Wildman–Crippen LogP) is 3.13. The molecule has 22 heavy (non-hydrogen) atoms. The summed E-state index contributed by atoms with van der Waals surface area (Å²) in [4.78, 5) is 12.1. The van der Waals surface area contributed by atoms with Crippen LogP contribution >= 0.6 is 23.2 Å². The van der Waals surface area contributed by atoms with Crippen molar-refractivity contribution in [1.82, 2.24) is 10.6 Å². The lowest BCUT2D eigenvalue weighted by molar-refractivity contribution is 0.0558.